The second-order valence-corrected chi connectivity index (χ2v) is 8.61. The smallest absolute Gasteiger partial charge is 0.305 e. The van der Waals surface area contributed by atoms with Gasteiger partial charge in [0.25, 0.3) is 5.91 Å². The lowest BCUT2D eigenvalue weighted by Gasteiger charge is -2.31. The number of rotatable bonds is 10. The number of hydrogen-bond donors (Lipinski definition) is 4. The monoisotopic (exact) mass is 492 g/mol. The fourth-order valence-corrected chi connectivity index (χ4v) is 3.79. The van der Waals surface area contributed by atoms with Gasteiger partial charge in [0.15, 0.2) is 0 Å². The second-order valence-electron chi connectivity index (χ2n) is 8.61. The van der Waals surface area contributed by atoms with Gasteiger partial charge in [-0.15, -0.1) is 0 Å². The minimum Gasteiger partial charge on any atom is -0.481 e. The lowest BCUT2D eigenvalue weighted by molar-refractivity contribution is -0.142. The summed E-state index contributed by atoms with van der Waals surface area (Å²) in [5.74, 6) is -5.02. The average molecular weight is 493 g/mol. The first kappa shape index (κ1) is 27.4. The number of carboxylic acid groups (broad SMARTS) is 1. The summed E-state index contributed by atoms with van der Waals surface area (Å²) in [5.41, 5.74) is -0.152. The molecule has 0 aromatic heterocycles. The highest BCUT2D eigenvalue weighted by Gasteiger charge is 2.39. The van der Waals surface area contributed by atoms with Gasteiger partial charge in [-0.1, -0.05) is 13.8 Å². The standard InChI is InChI=1S/C23H29FN4O7/c1-12(2)20(27-21(33)16-7-6-14(9-17(16)24)25-13(3)30)23(35)28-8-4-5-18(28)22(34)26-15(11-29)10-19(31)32/h6-7,9,11-12,15,18,20H,4-5,8,10H2,1-3H3,(H,25,30)(H,26,34)(H,27,33)(H,31,32)/t15-,18-,20-/m0/s1. The van der Waals surface area contributed by atoms with Crippen LogP contribution >= 0.6 is 0 Å². The van der Waals surface area contributed by atoms with Crippen LogP contribution in [0, 0.1) is 11.7 Å². The summed E-state index contributed by atoms with van der Waals surface area (Å²) in [7, 11) is 0. The first-order valence-corrected chi connectivity index (χ1v) is 11.1. The zero-order valence-electron chi connectivity index (χ0n) is 19.7. The van der Waals surface area contributed by atoms with Crippen molar-refractivity contribution in [3.63, 3.8) is 0 Å². The second kappa shape index (κ2) is 12.0. The van der Waals surface area contributed by atoms with Crippen LogP contribution in [-0.2, 0) is 24.0 Å². The first-order valence-electron chi connectivity index (χ1n) is 11.1. The summed E-state index contributed by atoms with van der Waals surface area (Å²) in [6.45, 7) is 4.84. The van der Waals surface area contributed by atoms with Crippen LogP contribution in [0.5, 0.6) is 0 Å². The molecule has 0 spiro atoms. The number of nitrogens with zero attached hydrogens (tertiary/aromatic N) is 1. The van der Waals surface area contributed by atoms with E-state index in [-0.39, 0.29) is 17.8 Å². The number of nitrogens with one attached hydrogen (secondary N) is 3. The van der Waals surface area contributed by atoms with E-state index in [1.54, 1.807) is 13.8 Å². The van der Waals surface area contributed by atoms with Crippen molar-refractivity contribution in [2.75, 3.05) is 11.9 Å². The molecular weight excluding hydrogens is 463 g/mol. The molecule has 0 bridgehead atoms. The normalized spacial score (nSPS) is 16.8. The van der Waals surface area contributed by atoms with Crippen molar-refractivity contribution in [2.45, 2.75) is 58.2 Å². The minimum absolute atomic E-state index is 0.172. The zero-order chi connectivity index (χ0) is 26.3. The van der Waals surface area contributed by atoms with Crippen LogP contribution < -0.4 is 16.0 Å². The third-order valence-electron chi connectivity index (χ3n) is 5.48. The highest BCUT2D eigenvalue weighted by molar-refractivity contribution is 5.99. The predicted octanol–water partition coefficient (Wildman–Crippen LogP) is 0.688. The van der Waals surface area contributed by atoms with Gasteiger partial charge in [-0.05, 0) is 37.0 Å². The zero-order valence-corrected chi connectivity index (χ0v) is 19.7. The van der Waals surface area contributed by atoms with Gasteiger partial charge < -0.3 is 30.8 Å². The summed E-state index contributed by atoms with van der Waals surface area (Å²) in [5, 5.41) is 16.1. The third kappa shape index (κ3) is 7.33. The number of carbonyl (C=O) groups excluding carboxylic acids is 5. The van der Waals surface area contributed by atoms with Gasteiger partial charge in [0.05, 0.1) is 18.0 Å². The van der Waals surface area contributed by atoms with E-state index in [0.29, 0.717) is 19.1 Å². The Bertz CT molecular complexity index is 1010. The van der Waals surface area contributed by atoms with Crippen molar-refractivity contribution < 1.29 is 38.3 Å². The summed E-state index contributed by atoms with van der Waals surface area (Å²) in [6.07, 6.45) is 0.518. The summed E-state index contributed by atoms with van der Waals surface area (Å²) < 4.78 is 14.5. The Hall–Kier alpha value is -3.83. The van der Waals surface area contributed by atoms with E-state index in [2.05, 4.69) is 16.0 Å². The Kier molecular flexibility index (Phi) is 9.43. The molecule has 4 N–H and O–H groups in total. The van der Waals surface area contributed by atoms with E-state index in [9.17, 15) is 33.2 Å². The summed E-state index contributed by atoms with van der Waals surface area (Å²) in [4.78, 5) is 73.1. The molecule has 4 amide bonds. The summed E-state index contributed by atoms with van der Waals surface area (Å²) >= 11 is 0. The van der Waals surface area contributed by atoms with Crippen molar-refractivity contribution in [2.24, 2.45) is 5.92 Å². The predicted molar refractivity (Wildman–Crippen MR) is 122 cm³/mol. The maximum Gasteiger partial charge on any atom is 0.305 e. The van der Waals surface area contributed by atoms with Crippen LogP contribution in [0.15, 0.2) is 18.2 Å². The molecule has 1 aromatic carbocycles. The Morgan fingerprint density at radius 1 is 1.20 bits per heavy atom. The number of carboxylic acids is 1. The molecule has 1 saturated heterocycles. The van der Waals surface area contributed by atoms with Crippen molar-refractivity contribution in [1.82, 2.24) is 15.5 Å². The molecule has 0 unspecified atom stereocenters. The molecule has 3 atom stereocenters. The quantitative estimate of drug-likeness (QED) is 0.349. The number of aliphatic carboxylic acids is 1. The Balaban J connectivity index is 2.15. The van der Waals surface area contributed by atoms with Gasteiger partial charge in [-0.2, -0.15) is 0 Å². The van der Waals surface area contributed by atoms with Crippen LogP contribution in [-0.4, -0.2) is 70.6 Å². The van der Waals surface area contributed by atoms with E-state index in [0.717, 1.165) is 6.07 Å². The number of hydrogen-bond acceptors (Lipinski definition) is 6. The fraction of sp³-hybridized carbons (Fsp3) is 0.478. The average Bonchev–Trinajstić information content (AvgIpc) is 3.25. The van der Waals surface area contributed by atoms with Gasteiger partial charge in [-0.3, -0.25) is 24.0 Å². The molecule has 12 heteroatoms. The molecule has 1 aromatic rings. The van der Waals surface area contributed by atoms with Crippen molar-refractivity contribution in [3.8, 4) is 0 Å². The third-order valence-corrected chi connectivity index (χ3v) is 5.48. The maximum absolute atomic E-state index is 14.5. The molecule has 1 aliphatic heterocycles. The molecule has 2 rings (SSSR count). The first-order chi connectivity index (χ1) is 16.4. The number of amides is 4. The van der Waals surface area contributed by atoms with E-state index >= 15 is 0 Å². The van der Waals surface area contributed by atoms with Gasteiger partial charge in [0.1, 0.15) is 24.2 Å². The molecule has 11 nitrogen and oxygen atoms in total. The van der Waals surface area contributed by atoms with Gasteiger partial charge in [0, 0.05) is 19.2 Å². The van der Waals surface area contributed by atoms with Crippen LogP contribution in [0.4, 0.5) is 10.1 Å². The van der Waals surface area contributed by atoms with Gasteiger partial charge in [-0.25, -0.2) is 4.39 Å². The van der Waals surface area contributed by atoms with E-state index in [4.69, 9.17) is 5.11 Å². The molecule has 0 radical (unpaired) electrons. The molecular formula is C23H29FN4O7. The Morgan fingerprint density at radius 2 is 1.89 bits per heavy atom. The Morgan fingerprint density at radius 3 is 2.43 bits per heavy atom. The lowest BCUT2D eigenvalue weighted by atomic mass is 10.0. The van der Waals surface area contributed by atoms with E-state index < -0.39 is 65.9 Å². The summed E-state index contributed by atoms with van der Waals surface area (Å²) in [6, 6.07) is 0.279. The molecule has 35 heavy (non-hydrogen) atoms. The Labute approximate surface area is 201 Å². The molecule has 190 valence electrons. The maximum atomic E-state index is 14.5. The number of aldehydes is 1. The molecule has 1 aliphatic rings. The van der Waals surface area contributed by atoms with Crippen molar-refractivity contribution in [3.05, 3.63) is 29.6 Å². The fourth-order valence-electron chi connectivity index (χ4n) is 3.79. The van der Waals surface area contributed by atoms with Crippen molar-refractivity contribution >= 4 is 41.6 Å². The molecule has 0 aliphatic carbocycles. The largest absolute Gasteiger partial charge is 0.481 e. The number of carbonyl (C=O) groups is 6. The SMILES string of the molecule is CC(=O)Nc1ccc(C(=O)N[C@H](C(=O)N2CCC[C@H]2C(=O)N[C@H](C=O)CC(=O)O)C(C)C)c(F)c1. The van der Waals surface area contributed by atoms with E-state index in [1.165, 1.54) is 24.0 Å². The number of halogens is 1. The van der Waals surface area contributed by atoms with Crippen LogP contribution in [0.3, 0.4) is 0 Å². The molecule has 0 saturated carbocycles. The van der Waals surface area contributed by atoms with Crippen LogP contribution in [0.25, 0.3) is 0 Å². The molecule has 1 fully saturated rings. The topological polar surface area (TPSA) is 162 Å². The van der Waals surface area contributed by atoms with Crippen LogP contribution in [0.2, 0.25) is 0 Å². The van der Waals surface area contributed by atoms with E-state index in [1.807, 2.05) is 0 Å². The highest BCUT2D eigenvalue weighted by atomic mass is 19.1. The number of benzene rings is 1. The van der Waals surface area contributed by atoms with Gasteiger partial charge >= 0.3 is 5.97 Å². The highest BCUT2D eigenvalue weighted by Crippen LogP contribution is 2.21. The number of likely N-dealkylation sites (tertiary alicyclic amines) is 1. The van der Waals surface area contributed by atoms with Gasteiger partial charge in [0.2, 0.25) is 17.7 Å². The minimum atomic E-state index is -1.26. The van der Waals surface area contributed by atoms with Crippen molar-refractivity contribution in [1.29, 1.82) is 0 Å². The number of anilines is 1. The lowest BCUT2D eigenvalue weighted by Crippen LogP contribution is -2.56. The molecule has 1 heterocycles. The van der Waals surface area contributed by atoms with Crippen LogP contribution in [0.1, 0.15) is 50.4 Å².